The van der Waals surface area contributed by atoms with E-state index in [9.17, 15) is 9.59 Å². The molecule has 7 nitrogen and oxygen atoms in total. The van der Waals surface area contributed by atoms with Crippen LogP contribution in [0.1, 0.15) is 19.8 Å². The van der Waals surface area contributed by atoms with Crippen LogP contribution < -0.4 is 20.7 Å². The third-order valence-corrected chi connectivity index (χ3v) is 3.91. The van der Waals surface area contributed by atoms with Crippen LogP contribution in [-0.4, -0.2) is 56.2 Å². The normalized spacial score (nSPS) is 15.6. The van der Waals surface area contributed by atoms with E-state index in [1.165, 1.54) is 0 Å². The molecule has 1 saturated heterocycles. The molecule has 24 heavy (non-hydrogen) atoms. The van der Waals surface area contributed by atoms with Crippen LogP contribution in [0.15, 0.2) is 24.3 Å². The van der Waals surface area contributed by atoms with Gasteiger partial charge in [-0.3, -0.25) is 4.79 Å². The van der Waals surface area contributed by atoms with E-state index < -0.39 is 0 Å². The average Bonchev–Trinajstić information content (AvgIpc) is 2.56. The highest BCUT2D eigenvalue weighted by Gasteiger charge is 2.18. The van der Waals surface area contributed by atoms with Crippen molar-refractivity contribution >= 4 is 17.6 Å². The molecule has 1 aliphatic heterocycles. The quantitative estimate of drug-likeness (QED) is 0.735. The molecule has 1 aromatic rings. The Labute approximate surface area is 142 Å². The maximum Gasteiger partial charge on any atom is 0.319 e. The summed E-state index contributed by atoms with van der Waals surface area (Å²) in [6.07, 6.45) is 1.94. The van der Waals surface area contributed by atoms with Crippen LogP contribution in [0.3, 0.4) is 0 Å². The number of amides is 3. The van der Waals surface area contributed by atoms with Gasteiger partial charge in [-0.15, -0.1) is 0 Å². The number of nitrogens with zero attached hydrogens (tertiary/aromatic N) is 1. The minimum atomic E-state index is -0.194. The molecule has 1 heterocycles. The lowest BCUT2D eigenvalue weighted by atomic mass is 10.1. The van der Waals surface area contributed by atoms with E-state index in [1.807, 2.05) is 6.92 Å². The summed E-state index contributed by atoms with van der Waals surface area (Å²) in [4.78, 5) is 25.6. The van der Waals surface area contributed by atoms with E-state index in [4.69, 9.17) is 4.74 Å². The molecule has 0 bridgehead atoms. The van der Waals surface area contributed by atoms with E-state index in [0.717, 1.165) is 25.9 Å². The number of nitrogens with one attached hydrogen (secondary N) is 3. The van der Waals surface area contributed by atoms with Crippen LogP contribution in [0.4, 0.5) is 10.5 Å². The smallest absolute Gasteiger partial charge is 0.319 e. The second kappa shape index (κ2) is 9.12. The van der Waals surface area contributed by atoms with E-state index in [1.54, 1.807) is 24.3 Å². The Morgan fingerprint density at radius 1 is 1.21 bits per heavy atom. The Bertz CT molecular complexity index is 539. The minimum Gasteiger partial charge on any atom is -0.484 e. The lowest BCUT2D eigenvalue weighted by Gasteiger charge is -2.29. The third-order valence-electron chi connectivity index (χ3n) is 3.91. The summed E-state index contributed by atoms with van der Waals surface area (Å²) >= 11 is 0. The molecule has 7 heteroatoms. The van der Waals surface area contributed by atoms with Gasteiger partial charge in [0, 0.05) is 18.3 Å². The molecule has 3 N–H and O–H groups in total. The SMILES string of the molecule is CCNC(=O)COc1ccc(NC(=O)NC2CCN(C)CC2)cc1. The van der Waals surface area contributed by atoms with Crippen molar-refractivity contribution in [2.75, 3.05) is 38.6 Å². The van der Waals surface area contributed by atoms with Gasteiger partial charge in [0.1, 0.15) is 5.75 Å². The molecule has 0 radical (unpaired) electrons. The summed E-state index contributed by atoms with van der Waals surface area (Å²) in [5.74, 6) is 0.430. The molecule has 0 aliphatic carbocycles. The van der Waals surface area contributed by atoms with Gasteiger partial charge >= 0.3 is 6.03 Å². The zero-order chi connectivity index (χ0) is 17.4. The fourth-order valence-corrected chi connectivity index (χ4v) is 2.54. The zero-order valence-electron chi connectivity index (χ0n) is 14.3. The van der Waals surface area contributed by atoms with E-state index >= 15 is 0 Å². The number of benzene rings is 1. The van der Waals surface area contributed by atoms with Crippen molar-refractivity contribution in [3.63, 3.8) is 0 Å². The van der Waals surface area contributed by atoms with Crippen molar-refractivity contribution in [2.24, 2.45) is 0 Å². The Hall–Kier alpha value is -2.28. The first-order valence-electron chi connectivity index (χ1n) is 8.32. The number of likely N-dealkylation sites (N-methyl/N-ethyl adjacent to an activating group) is 1. The summed E-state index contributed by atoms with van der Waals surface area (Å²) in [5, 5.41) is 8.47. The predicted molar refractivity (Wildman–Crippen MR) is 93.3 cm³/mol. The van der Waals surface area contributed by atoms with Gasteiger partial charge in [0.2, 0.25) is 0 Å². The van der Waals surface area contributed by atoms with E-state index in [2.05, 4.69) is 27.9 Å². The number of anilines is 1. The number of carbonyl (C=O) groups is 2. The highest BCUT2D eigenvalue weighted by molar-refractivity contribution is 5.89. The molecule has 0 atom stereocenters. The molecular formula is C17H26N4O3. The molecule has 3 amide bonds. The molecule has 0 saturated carbocycles. The van der Waals surface area contributed by atoms with Crippen LogP contribution >= 0.6 is 0 Å². The van der Waals surface area contributed by atoms with Gasteiger partial charge in [0.05, 0.1) is 0 Å². The molecule has 1 aromatic carbocycles. The maximum absolute atomic E-state index is 12.0. The lowest BCUT2D eigenvalue weighted by molar-refractivity contribution is -0.122. The van der Waals surface area contributed by atoms with Gasteiger partial charge < -0.3 is 25.6 Å². The van der Waals surface area contributed by atoms with Crippen molar-refractivity contribution in [3.05, 3.63) is 24.3 Å². The van der Waals surface area contributed by atoms with Gasteiger partial charge in [-0.1, -0.05) is 0 Å². The van der Waals surface area contributed by atoms with Crippen LogP contribution in [0.2, 0.25) is 0 Å². The number of ether oxygens (including phenoxy) is 1. The van der Waals surface area contributed by atoms with Crippen molar-refractivity contribution in [3.8, 4) is 5.75 Å². The van der Waals surface area contributed by atoms with E-state index in [-0.39, 0.29) is 24.6 Å². The first kappa shape index (κ1) is 18.1. The summed E-state index contributed by atoms with van der Waals surface area (Å²) in [6.45, 7) is 4.43. The minimum absolute atomic E-state index is 0.0166. The zero-order valence-corrected chi connectivity index (χ0v) is 14.3. The number of hydrogen-bond acceptors (Lipinski definition) is 4. The van der Waals surface area contributed by atoms with Crippen LogP contribution in [0.25, 0.3) is 0 Å². The molecule has 2 rings (SSSR count). The number of urea groups is 1. The Morgan fingerprint density at radius 2 is 1.88 bits per heavy atom. The molecule has 1 aliphatic rings. The monoisotopic (exact) mass is 334 g/mol. The van der Waals surface area contributed by atoms with E-state index in [0.29, 0.717) is 18.0 Å². The first-order valence-corrected chi connectivity index (χ1v) is 8.32. The second-order valence-electron chi connectivity index (χ2n) is 5.94. The molecular weight excluding hydrogens is 308 g/mol. The molecule has 0 spiro atoms. The maximum atomic E-state index is 12.0. The number of piperidine rings is 1. The van der Waals surface area contributed by atoms with Crippen LogP contribution in [0.5, 0.6) is 5.75 Å². The Morgan fingerprint density at radius 3 is 2.50 bits per heavy atom. The summed E-state index contributed by atoms with van der Waals surface area (Å²) in [5.41, 5.74) is 0.686. The van der Waals surface area contributed by atoms with Gasteiger partial charge in [-0.2, -0.15) is 0 Å². The van der Waals surface area contributed by atoms with Crippen molar-refractivity contribution in [1.29, 1.82) is 0 Å². The molecule has 1 fully saturated rings. The largest absolute Gasteiger partial charge is 0.484 e. The molecule has 0 unspecified atom stereocenters. The van der Waals surface area contributed by atoms with Crippen molar-refractivity contribution < 1.29 is 14.3 Å². The second-order valence-corrected chi connectivity index (χ2v) is 5.94. The molecule has 132 valence electrons. The summed E-state index contributed by atoms with van der Waals surface area (Å²) in [6, 6.07) is 6.98. The third kappa shape index (κ3) is 6.08. The highest BCUT2D eigenvalue weighted by Crippen LogP contribution is 2.16. The first-order chi connectivity index (χ1) is 11.6. The van der Waals surface area contributed by atoms with Crippen molar-refractivity contribution in [1.82, 2.24) is 15.5 Å². The number of likely N-dealkylation sites (tertiary alicyclic amines) is 1. The number of carbonyl (C=O) groups excluding carboxylic acids is 2. The average molecular weight is 334 g/mol. The van der Waals surface area contributed by atoms with Crippen LogP contribution in [-0.2, 0) is 4.79 Å². The summed E-state index contributed by atoms with van der Waals surface area (Å²) in [7, 11) is 2.09. The van der Waals surface area contributed by atoms with Gasteiger partial charge in [-0.25, -0.2) is 4.79 Å². The fourth-order valence-electron chi connectivity index (χ4n) is 2.54. The van der Waals surface area contributed by atoms with Gasteiger partial charge in [0.15, 0.2) is 6.61 Å². The van der Waals surface area contributed by atoms with Crippen LogP contribution in [0, 0.1) is 0 Å². The standard InChI is InChI=1S/C17H26N4O3/c1-3-18-16(22)12-24-15-6-4-13(5-7-15)19-17(23)20-14-8-10-21(2)11-9-14/h4-7,14H,3,8-12H2,1-2H3,(H,18,22)(H2,19,20,23). The highest BCUT2D eigenvalue weighted by atomic mass is 16.5. The van der Waals surface area contributed by atoms with Gasteiger partial charge in [0.25, 0.3) is 5.91 Å². The number of rotatable bonds is 6. The predicted octanol–water partition coefficient (Wildman–Crippen LogP) is 1.42. The summed E-state index contributed by atoms with van der Waals surface area (Å²) < 4.78 is 5.37. The fraction of sp³-hybridized carbons (Fsp3) is 0.529. The van der Waals surface area contributed by atoms with Crippen molar-refractivity contribution in [2.45, 2.75) is 25.8 Å². The topological polar surface area (TPSA) is 82.7 Å². The number of hydrogen-bond donors (Lipinski definition) is 3. The van der Waals surface area contributed by atoms with Gasteiger partial charge in [-0.05, 0) is 64.2 Å². The Balaban J connectivity index is 1.74. The molecule has 0 aromatic heterocycles. The Kier molecular flexibility index (Phi) is 6.87. The lowest BCUT2D eigenvalue weighted by Crippen LogP contribution is -2.44.